The van der Waals surface area contributed by atoms with Crippen LogP contribution in [-0.2, 0) is 14.6 Å². The molecule has 2 unspecified atom stereocenters. The van der Waals surface area contributed by atoms with E-state index in [1.54, 1.807) is 42.5 Å². The molecule has 0 amide bonds. The van der Waals surface area contributed by atoms with Crippen molar-refractivity contribution in [2.24, 2.45) is 0 Å². The minimum atomic E-state index is -3.96. The van der Waals surface area contributed by atoms with Crippen LogP contribution in [0.1, 0.15) is 16.9 Å². The van der Waals surface area contributed by atoms with Crippen molar-refractivity contribution in [2.75, 3.05) is 5.62 Å². The summed E-state index contributed by atoms with van der Waals surface area (Å²) in [4.78, 5) is 10.1. The Morgan fingerprint density at radius 3 is 2.22 bits per heavy atom. The van der Waals surface area contributed by atoms with Crippen molar-refractivity contribution in [3.63, 3.8) is 0 Å². The maximum atomic E-state index is 12.5. The molecule has 0 aliphatic carbocycles. The summed E-state index contributed by atoms with van der Waals surface area (Å²) < 4.78 is 39.7. The molecule has 0 spiro atoms. The van der Waals surface area contributed by atoms with E-state index in [0.717, 1.165) is 5.56 Å². The third-order valence-corrected chi connectivity index (χ3v) is 7.51. The Kier molecular flexibility index (Phi) is 5.65. The van der Waals surface area contributed by atoms with Crippen LogP contribution in [0.3, 0.4) is 0 Å². The van der Waals surface area contributed by atoms with E-state index in [0.29, 0.717) is 5.56 Å². The van der Waals surface area contributed by atoms with E-state index < -0.39 is 28.8 Å². The first-order valence-electron chi connectivity index (χ1n) is 6.78. The molecule has 5 nitrogen and oxygen atoms in total. The highest BCUT2D eigenvalue weighted by Crippen LogP contribution is 2.55. The number of hydrogen-bond acceptors (Lipinski definition) is 3. The summed E-state index contributed by atoms with van der Waals surface area (Å²) in [7, 11) is -7.92. The summed E-state index contributed by atoms with van der Waals surface area (Å²) >= 11 is 5.59. The topological polar surface area (TPSA) is 83.5 Å². The molecule has 0 radical (unpaired) electrons. The highest BCUT2D eigenvalue weighted by atomic mass is 35.5. The van der Waals surface area contributed by atoms with E-state index in [9.17, 15) is 17.9 Å². The molecule has 2 atom stereocenters. The Bertz CT molecular complexity index is 809. The lowest BCUT2D eigenvalue weighted by Gasteiger charge is -2.23. The van der Waals surface area contributed by atoms with Gasteiger partial charge in [-0.3, -0.25) is 4.57 Å². The van der Waals surface area contributed by atoms with Crippen LogP contribution < -0.4 is 4.72 Å². The molecule has 23 heavy (non-hydrogen) atoms. The van der Waals surface area contributed by atoms with Crippen molar-refractivity contribution >= 4 is 29.0 Å². The van der Waals surface area contributed by atoms with Gasteiger partial charge < -0.3 is 4.89 Å². The molecular formula is C15H17ClNO4PS. The minimum Gasteiger partial charge on any atom is -0.342 e. The molecule has 0 bridgehead atoms. The van der Waals surface area contributed by atoms with E-state index in [4.69, 9.17) is 11.6 Å². The summed E-state index contributed by atoms with van der Waals surface area (Å²) in [5.74, 6) is -1.30. The van der Waals surface area contributed by atoms with Gasteiger partial charge in [0.2, 0.25) is 17.4 Å². The second-order valence-electron chi connectivity index (χ2n) is 5.12. The van der Waals surface area contributed by atoms with Crippen LogP contribution >= 0.6 is 19.0 Å². The molecule has 0 saturated heterocycles. The Balaban J connectivity index is 2.42. The highest BCUT2D eigenvalue weighted by molar-refractivity contribution is 7.89. The molecule has 2 aromatic rings. The maximum absolute atomic E-state index is 12.5. The third-order valence-electron chi connectivity index (χ3n) is 3.29. The van der Waals surface area contributed by atoms with Crippen molar-refractivity contribution in [3.05, 3.63) is 65.7 Å². The van der Waals surface area contributed by atoms with E-state index in [2.05, 4.69) is 4.72 Å². The minimum absolute atomic E-state index is 0.0265. The van der Waals surface area contributed by atoms with Gasteiger partial charge in [0.1, 0.15) is 11.4 Å². The predicted octanol–water partition coefficient (Wildman–Crippen LogP) is 3.44. The Morgan fingerprint density at radius 1 is 1.13 bits per heavy atom. The molecule has 0 saturated carbocycles. The zero-order valence-corrected chi connectivity index (χ0v) is 14.9. The average Bonchev–Trinajstić information content (AvgIpc) is 2.54. The number of halogens is 1. The molecule has 0 aliphatic rings. The smallest absolute Gasteiger partial charge is 0.241 e. The van der Waals surface area contributed by atoms with Crippen LogP contribution in [0.15, 0.2) is 59.5 Å². The molecular weight excluding hydrogens is 357 g/mol. The summed E-state index contributed by atoms with van der Waals surface area (Å²) in [6.07, 6.45) is 0. The van der Waals surface area contributed by atoms with Crippen molar-refractivity contribution in [3.8, 4) is 0 Å². The van der Waals surface area contributed by atoms with Gasteiger partial charge >= 0.3 is 0 Å². The zero-order chi connectivity index (χ0) is 17.1. The molecule has 0 aromatic heterocycles. The summed E-state index contributed by atoms with van der Waals surface area (Å²) in [6.45, 7) is 1.84. The standard InChI is InChI=1S/C15H17ClNO4PS/c1-12-7-9-14(10-8-12)23(20,21)17-15(22(18,19)11-16)13-5-3-2-4-6-13/h2-10,15,17H,11H2,1H3,(H,18,19). The van der Waals surface area contributed by atoms with Crippen LogP contribution in [0.5, 0.6) is 0 Å². The number of nitrogens with one attached hydrogen (secondary N) is 1. The normalized spacial score (nSPS) is 15.8. The van der Waals surface area contributed by atoms with Crippen molar-refractivity contribution in [1.82, 2.24) is 4.72 Å². The van der Waals surface area contributed by atoms with Gasteiger partial charge in [-0.05, 0) is 24.6 Å². The maximum Gasteiger partial charge on any atom is 0.241 e. The van der Waals surface area contributed by atoms with E-state index in [1.807, 2.05) is 6.92 Å². The summed E-state index contributed by atoms with van der Waals surface area (Å²) in [5, 5.41) is 0. The first-order valence-corrected chi connectivity index (χ1v) is 10.7. The molecule has 2 aromatic carbocycles. The van der Waals surface area contributed by atoms with Gasteiger partial charge in [-0.15, -0.1) is 11.6 Å². The van der Waals surface area contributed by atoms with Crippen LogP contribution in [-0.4, -0.2) is 18.9 Å². The fourth-order valence-corrected chi connectivity index (χ4v) is 5.35. The third kappa shape index (κ3) is 4.43. The lowest BCUT2D eigenvalue weighted by atomic mass is 10.2. The van der Waals surface area contributed by atoms with Crippen LogP contribution in [0, 0.1) is 6.92 Å². The molecule has 8 heteroatoms. The van der Waals surface area contributed by atoms with E-state index >= 15 is 0 Å². The largest absolute Gasteiger partial charge is 0.342 e. The van der Waals surface area contributed by atoms with Gasteiger partial charge in [0.15, 0.2) is 0 Å². The quantitative estimate of drug-likeness (QED) is 0.600. The number of rotatable bonds is 6. The Hall–Kier alpha value is -1.17. The summed E-state index contributed by atoms with van der Waals surface area (Å²) in [6, 6.07) is 14.4. The SMILES string of the molecule is Cc1ccc(S(=O)(=O)NC(c2ccccc2)P(=O)(O)CCl)cc1. The van der Waals surface area contributed by atoms with Crippen molar-refractivity contribution < 1.29 is 17.9 Å². The Morgan fingerprint density at radius 2 is 1.70 bits per heavy atom. The average molecular weight is 374 g/mol. The van der Waals surface area contributed by atoms with Gasteiger partial charge in [-0.1, -0.05) is 48.0 Å². The molecule has 2 rings (SSSR count). The monoisotopic (exact) mass is 373 g/mol. The number of sulfonamides is 1. The lowest BCUT2D eigenvalue weighted by Crippen LogP contribution is -2.29. The lowest BCUT2D eigenvalue weighted by molar-refractivity contribution is 0.463. The fourth-order valence-electron chi connectivity index (χ4n) is 2.02. The molecule has 0 fully saturated rings. The molecule has 2 N–H and O–H groups in total. The number of hydrogen-bond donors (Lipinski definition) is 2. The van der Waals surface area contributed by atoms with E-state index in [1.165, 1.54) is 12.1 Å². The van der Waals surface area contributed by atoms with Gasteiger partial charge in [0.05, 0.1) is 4.90 Å². The second kappa shape index (κ2) is 7.16. The van der Waals surface area contributed by atoms with Gasteiger partial charge in [0.25, 0.3) is 0 Å². The molecule has 0 aliphatic heterocycles. The first-order chi connectivity index (χ1) is 10.8. The Labute approximate surface area is 140 Å². The van der Waals surface area contributed by atoms with E-state index in [-0.39, 0.29) is 4.90 Å². The second-order valence-corrected chi connectivity index (χ2v) is 9.82. The van der Waals surface area contributed by atoms with Crippen LogP contribution in [0.2, 0.25) is 0 Å². The molecule has 124 valence electrons. The van der Waals surface area contributed by atoms with Gasteiger partial charge in [-0.2, -0.15) is 4.72 Å². The number of alkyl halides is 1. The summed E-state index contributed by atoms with van der Waals surface area (Å²) in [5.41, 5.74) is 0.745. The van der Waals surface area contributed by atoms with Crippen LogP contribution in [0.4, 0.5) is 0 Å². The van der Waals surface area contributed by atoms with Gasteiger partial charge in [-0.25, -0.2) is 8.42 Å². The number of benzene rings is 2. The number of aryl methyl sites for hydroxylation is 1. The van der Waals surface area contributed by atoms with Crippen LogP contribution in [0.25, 0.3) is 0 Å². The van der Waals surface area contributed by atoms with Gasteiger partial charge in [0, 0.05) is 0 Å². The van der Waals surface area contributed by atoms with Crippen molar-refractivity contribution in [2.45, 2.75) is 17.6 Å². The molecule has 0 heterocycles. The zero-order valence-electron chi connectivity index (χ0n) is 12.4. The highest BCUT2D eigenvalue weighted by Gasteiger charge is 2.35. The first kappa shape index (κ1) is 18.2. The van der Waals surface area contributed by atoms with Crippen molar-refractivity contribution in [1.29, 1.82) is 0 Å². The fraction of sp³-hybridized carbons (Fsp3) is 0.200. The predicted molar refractivity (Wildman–Crippen MR) is 91.2 cm³/mol.